The molecule has 1 aromatic heterocycles. The largest absolute Gasteiger partial charge is 0.340 e. The van der Waals surface area contributed by atoms with Gasteiger partial charge in [-0.25, -0.2) is 12.8 Å². The van der Waals surface area contributed by atoms with Crippen molar-refractivity contribution in [3.63, 3.8) is 0 Å². The Morgan fingerprint density at radius 1 is 1.03 bits per heavy atom. The summed E-state index contributed by atoms with van der Waals surface area (Å²) in [5, 5.41) is 2.55. The topological polar surface area (TPSA) is 60.9 Å². The zero-order valence-corrected chi connectivity index (χ0v) is 22.0. The number of halogens is 2. The van der Waals surface area contributed by atoms with Crippen molar-refractivity contribution < 1.29 is 17.6 Å². The number of hydrogen-bond donors (Lipinski definition) is 0. The first-order valence-corrected chi connectivity index (χ1v) is 14.6. The lowest BCUT2D eigenvalue weighted by atomic mass is 9.93. The Morgan fingerprint density at radius 2 is 1.78 bits per heavy atom. The Hall–Kier alpha value is -2.30. The van der Waals surface area contributed by atoms with Crippen molar-refractivity contribution in [2.24, 2.45) is 0 Å². The van der Waals surface area contributed by atoms with Crippen molar-refractivity contribution in [2.45, 2.75) is 23.8 Å². The fourth-order valence-electron chi connectivity index (χ4n) is 5.01. The van der Waals surface area contributed by atoms with Crippen LogP contribution in [-0.2, 0) is 21.2 Å². The molecule has 0 radical (unpaired) electrons. The van der Waals surface area contributed by atoms with Crippen LogP contribution in [0.5, 0.6) is 0 Å². The molecule has 0 N–H and O–H groups in total. The van der Waals surface area contributed by atoms with Crippen molar-refractivity contribution in [1.82, 2.24) is 14.1 Å². The predicted molar refractivity (Wildman–Crippen MR) is 139 cm³/mol. The van der Waals surface area contributed by atoms with Crippen LogP contribution in [0.15, 0.2) is 64.9 Å². The summed E-state index contributed by atoms with van der Waals surface area (Å²) in [6.07, 6.45) is 1.24. The van der Waals surface area contributed by atoms with E-state index < -0.39 is 10.0 Å². The van der Waals surface area contributed by atoms with E-state index in [1.165, 1.54) is 32.9 Å². The van der Waals surface area contributed by atoms with Crippen LogP contribution in [0.25, 0.3) is 0 Å². The van der Waals surface area contributed by atoms with E-state index in [-0.39, 0.29) is 35.8 Å². The summed E-state index contributed by atoms with van der Waals surface area (Å²) in [6, 6.07) is 14.8. The first-order valence-electron chi connectivity index (χ1n) is 11.9. The van der Waals surface area contributed by atoms with Gasteiger partial charge in [-0.3, -0.25) is 9.69 Å². The zero-order valence-electron chi connectivity index (χ0n) is 19.6. The third kappa shape index (κ3) is 5.21. The van der Waals surface area contributed by atoms with E-state index in [1.807, 2.05) is 6.07 Å². The molecule has 1 atom stereocenters. The second kappa shape index (κ2) is 10.6. The third-order valence-corrected chi connectivity index (χ3v) is 10.0. The standard InChI is InChI=1S/C26H27ClFN3O3S2/c27-20-4-6-22(7-5-20)36(33,34)31-15-13-29(14-16-31)25(32)9-12-30-11-8-24-23(10-17-35-24)26(30)19-2-1-3-21(28)18-19/h1-7,10,17-18,26H,8-9,11-16H2. The van der Waals surface area contributed by atoms with Gasteiger partial charge in [0.25, 0.3) is 0 Å². The molecule has 3 aromatic rings. The normalized spacial score (nSPS) is 19.3. The minimum atomic E-state index is -3.62. The Morgan fingerprint density at radius 3 is 2.50 bits per heavy atom. The van der Waals surface area contributed by atoms with Gasteiger partial charge in [-0.1, -0.05) is 23.7 Å². The summed E-state index contributed by atoms with van der Waals surface area (Å²) in [5.41, 5.74) is 2.08. The maximum atomic E-state index is 14.0. The number of piperazine rings is 1. The van der Waals surface area contributed by atoms with E-state index in [2.05, 4.69) is 16.3 Å². The molecule has 2 aliphatic rings. The van der Waals surface area contributed by atoms with Crippen molar-refractivity contribution >= 4 is 38.9 Å². The van der Waals surface area contributed by atoms with Crippen molar-refractivity contribution in [1.29, 1.82) is 0 Å². The molecule has 190 valence electrons. The van der Waals surface area contributed by atoms with Crippen LogP contribution in [0.3, 0.4) is 0 Å². The summed E-state index contributed by atoms with van der Waals surface area (Å²) in [5.74, 6) is -0.259. The summed E-state index contributed by atoms with van der Waals surface area (Å²) in [4.78, 5) is 18.6. The van der Waals surface area contributed by atoms with Gasteiger partial charge in [0.15, 0.2) is 0 Å². The van der Waals surface area contributed by atoms with E-state index in [1.54, 1.807) is 40.5 Å². The highest BCUT2D eigenvalue weighted by molar-refractivity contribution is 7.89. The van der Waals surface area contributed by atoms with Gasteiger partial charge in [0.1, 0.15) is 5.82 Å². The SMILES string of the molecule is O=C(CCN1CCc2sccc2C1c1cccc(F)c1)N1CCN(S(=O)(=O)c2ccc(Cl)cc2)CC1. The number of sulfonamides is 1. The predicted octanol–water partition coefficient (Wildman–Crippen LogP) is 4.41. The number of amides is 1. The molecular weight excluding hydrogens is 521 g/mol. The number of carbonyl (C=O) groups is 1. The molecule has 1 fully saturated rings. The van der Waals surface area contributed by atoms with Gasteiger partial charge in [0, 0.05) is 55.6 Å². The molecule has 0 bridgehead atoms. The lowest BCUT2D eigenvalue weighted by Gasteiger charge is -2.37. The molecule has 0 spiro atoms. The third-order valence-electron chi connectivity index (χ3n) is 6.89. The number of rotatable bonds is 6. The van der Waals surface area contributed by atoms with Crippen LogP contribution in [0.4, 0.5) is 4.39 Å². The Bertz CT molecular complexity index is 1340. The molecule has 2 aromatic carbocycles. The van der Waals surface area contributed by atoms with Crippen LogP contribution in [0.2, 0.25) is 5.02 Å². The van der Waals surface area contributed by atoms with Gasteiger partial charge < -0.3 is 4.90 Å². The maximum Gasteiger partial charge on any atom is 0.243 e. The summed E-state index contributed by atoms with van der Waals surface area (Å²) >= 11 is 7.61. The van der Waals surface area contributed by atoms with Gasteiger partial charge >= 0.3 is 0 Å². The highest BCUT2D eigenvalue weighted by Crippen LogP contribution is 2.38. The highest BCUT2D eigenvalue weighted by Gasteiger charge is 2.32. The lowest BCUT2D eigenvalue weighted by Crippen LogP contribution is -2.51. The van der Waals surface area contributed by atoms with Gasteiger partial charge in [-0.15, -0.1) is 11.3 Å². The Labute approximate surface area is 219 Å². The Kier molecular flexibility index (Phi) is 7.46. The fraction of sp³-hybridized carbons (Fsp3) is 0.346. The molecule has 6 nitrogen and oxygen atoms in total. The highest BCUT2D eigenvalue weighted by atomic mass is 35.5. The van der Waals surface area contributed by atoms with E-state index in [4.69, 9.17) is 11.6 Å². The number of nitrogens with zero attached hydrogens (tertiary/aromatic N) is 3. The fourth-order valence-corrected chi connectivity index (χ4v) is 7.46. The molecule has 5 rings (SSSR count). The number of hydrogen-bond acceptors (Lipinski definition) is 5. The summed E-state index contributed by atoms with van der Waals surface area (Å²) in [6.45, 7) is 2.57. The molecule has 1 unspecified atom stereocenters. The maximum absolute atomic E-state index is 14.0. The summed E-state index contributed by atoms with van der Waals surface area (Å²) < 4.78 is 41.3. The Balaban J connectivity index is 1.21. The average Bonchev–Trinajstić information content (AvgIpc) is 3.36. The van der Waals surface area contributed by atoms with Crippen LogP contribution in [0.1, 0.15) is 28.5 Å². The van der Waals surface area contributed by atoms with E-state index in [0.717, 1.165) is 18.5 Å². The second-order valence-electron chi connectivity index (χ2n) is 9.03. The number of benzene rings is 2. The molecule has 10 heteroatoms. The van der Waals surface area contributed by atoms with Crippen LogP contribution >= 0.6 is 22.9 Å². The van der Waals surface area contributed by atoms with E-state index in [0.29, 0.717) is 31.1 Å². The van der Waals surface area contributed by atoms with Crippen molar-refractivity contribution in [3.05, 3.63) is 86.8 Å². The molecular formula is C26H27ClFN3O3S2. The number of fused-ring (bicyclic) bond motifs is 1. The molecule has 1 amide bonds. The van der Waals surface area contributed by atoms with Gasteiger partial charge in [0.2, 0.25) is 15.9 Å². The molecule has 0 saturated carbocycles. The molecule has 1 saturated heterocycles. The first-order chi connectivity index (χ1) is 17.3. The molecule has 0 aliphatic carbocycles. The van der Waals surface area contributed by atoms with Crippen LogP contribution in [-0.4, -0.2) is 67.7 Å². The van der Waals surface area contributed by atoms with Crippen molar-refractivity contribution in [3.8, 4) is 0 Å². The minimum absolute atomic E-state index is 0.00708. The van der Waals surface area contributed by atoms with Crippen molar-refractivity contribution in [2.75, 3.05) is 39.3 Å². The van der Waals surface area contributed by atoms with Gasteiger partial charge in [0.05, 0.1) is 10.9 Å². The van der Waals surface area contributed by atoms with E-state index in [9.17, 15) is 17.6 Å². The average molecular weight is 548 g/mol. The number of thiophene rings is 1. The number of carbonyl (C=O) groups excluding carboxylic acids is 1. The van der Waals surface area contributed by atoms with Crippen LogP contribution in [0, 0.1) is 5.82 Å². The molecule has 3 heterocycles. The lowest BCUT2D eigenvalue weighted by molar-refractivity contribution is -0.132. The molecule has 36 heavy (non-hydrogen) atoms. The second-order valence-corrected chi connectivity index (χ2v) is 12.4. The quantitative estimate of drug-likeness (QED) is 0.459. The zero-order chi connectivity index (χ0) is 25.3. The first kappa shape index (κ1) is 25.4. The van der Waals surface area contributed by atoms with E-state index >= 15 is 0 Å². The molecule has 2 aliphatic heterocycles. The van der Waals surface area contributed by atoms with Gasteiger partial charge in [-0.05, 0) is 65.4 Å². The minimum Gasteiger partial charge on any atom is -0.340 e. The summed E-state index contributed by atoms with van der Waals surface area (Å²) in [7, 11) is -3.62. The van der Waals surface area contributed by atoms with Crippen LogP contribution < -0.4 is 0 Å². The van der Waals surface area contributed by atoms with Gasteiger partial charge in [-0.2, -0.15) is 4.31 Å². The smallest absolute Gasteiger partial charge is 0.243 e. The monoisotopic (exact) mass is 547 g/mol.